The SMILES string of the molecule is CN(C)c1cc2c(nn1)CCN(C(=O)CC1(O)CCCC1)C2. The molecule has 1 aromatic rings. The van der Waals surface area contributed by atoms with Crippen LogP contribution in [0.15, 0.2) is 6.07 Å². The third-order valence-electron chi connectivity index (χ3n) is 4.75. The van der Waals surface area contributed by atoms with Gasteiger partial charge < -0.3 is 14.9 Å². The van der Waals surface area contributed by atoms with Gasteiger partial charge in [-0.1, -0.05) is 12.8 Å². The third kappa shape index (κ3) is 3.06. The van der Waals surface area contributed by atoms with Gasteiger partial charge in [-0.25, -0.2) is 0 Å². The summed E-state index contributed by atoms with van der Waals surface area (Å²) in [5.41, 5.74) is 1.27. The zero-order valence-electron chi connectivity index (χ0n) is 13.4. The van der Waals surface area contributed by atoms with Crippen LogP contribution in [0.5, 0.6) is 0 Å². The van der Waals surface area contributed by atoms with E-state index >= 15 is 0 Å². The number of carbonyl (C=O) groups excluding carboxylic acids is 1. The van der Waals surface area contributed by atoms with Gasteiger partial charge in [-0.15, -0.1) is 5.10 Å². The predicted octanol–water partition coefficient (Wildman–Crippen LogP) is 1.12. The fraction of sp³-hybridized carbons (Fsp3) is 0.688. The van der Waals surface area contributed by atoms with E-state index in [1.165, 1.54) is 0 Å². The monoisotopic (exact) mass is 304 g/mol. The molecule has 2 heterocycles. The van der Waals surface area contributed by atoms with Crippen LogP contribution in [0.1, 0.15) is 43.4 Å². The Morgan fingerprint density at radius 3 is 2.77 bits per heavy atom. The molecule has 0 unspecified atom stereocenters. The molecule has 0 atom stereocenters. The van der Waals surface area contributed by atoms with Crippen molar-refractivity contribution in [2.24, 2.45) is 0 Å². The Morgan fingerprint density at radius 1 is 1.36 bits per heavy atom. The Kier molecular flexibility index (Phi) is 4.04. The fourth-order valence-electron chi connectivity index (χ4n) is 3.35. The van der Waals surface area contributed by atoms with Crippen molar-refractivity contribution in [2.75, 3.05) is 25.5 Å². The Morgan fingerprint density at radius 2 is 2.09 bits per heavy atom. The molecule has 1 fully saturated rings. The molecule has 6 heteroatoms. The van der Waals surface area contributed by atoms with Gasteiger partial charge in [0, 0.05) is 33.6 Å². The van der Waals surface area contributed by atoms with Gasteiger partial charge in [-0.05, 0) is 24.5 Å². The maximum atomic E-state index is 12.5. The highest BCUT2D eigenvalue weighted by Gasteiger charge is 2.35. The zero-order chi connectivity index (χ0) is 15.7. The molecule has 1 saturated carbocycles. The lowest BCUT2D eigenvalue weighted by atomic mass is 9.96. The van der Waals surface area contributed by atoms with E-state index in [-0.39, 0.29) is 12.3 Å². The number of anilines is 1. The van der Waals surface area contributed by atoms with Crippen LogP contribution < -0.4 is 4.90 Å². The quantitative estimate of drug-likeness (QED) is 0.906. The van der Waals surface area contributed by atoms with E-state index in [2.05, 4.69) is 10.2 Å². The molecule has 22 heavy (non-hydrogen) atoms. The minimum atomic E-state index is -0.775. The fourth-order valence-corrected chi connectivity index (χ4v) is 3.35. The number of hydrogen-bond donors (Lipinski definition) is 1. The van der Waals surface area contributed by atoms with Crippen LogP contribution in [-0.2, 0) is 17.8 Å². The molecule has 0 radical (unpaired) electrons. The molecular formula is C16H24N4O2. The van der Waals surface area contributed by atoms with Crippen LogP contribution in [-0.4, -0.2) is 52.4 Å². The highest BCUT2D eigenvalue weighted by atomic mass is 16.3. The van der Waals surface area contributed by atoms with Gasteiger partial charge in [-0.2, -0.15) is 5.10 Å². The molecule has 1 N–H and O–H groups in total. The second-order valence-electron chi connectivity index (χ2n) is 6.74. The largest absolute Gasteiger partial charge is 0.389 e. The van der Waals surface area contributed by atoms with Gasteiger partial charge >= 0.3 is 0 Å². The summed E-state index contributed by atoms with van der Waals surface area (Å²) >= 11 is 0. The van der Waals surface area contributed by atoms with Crippen molar-refractivity contribution in [2.45, 2.75) is 50.7 Å². The van der Waals surface area contributed by atoms with Crippen LogP contribution in [0, 0.1) is 0 Å². The summed E-state index contributed by atoms with van der Waals surface area (Å²) < 4.78 is 0. The van der Waals surface area contributed by atoms with E-state index in [0.717, 1.165) is 49.2 Å². The lowest BCUT2D eigenvalue weighted by molar-refractivity contribution is -0.137. The van der Waals surface area contributed by atoms with E-state index in [0.29, 0.717) is 13.1 Å². The van der Waals surface area contributed by atoms with E-state index < -0.39 is 5.60 Å². The topological polar surface area (TPSA) is 69.6 Å². The van der Waals surface area contributed by atoms with Crippen molar-refractivity contribution in [3.05, 3.63) is 17.3 Å². The second-order valence-corrected chi connectivity index (χ2v) is 6.74. The number of rotatable bonds is 3. The van der Waals surface area contributed by atoms with E-state index in [1.807, 2.05) is 30.0 Å². The van der Waals surface area contributed by atoms with Crippen molar-refractivity contribution in [3.63, 3.8) is 0 Å². The number of amides is 1. The first-order chi connectivity index (χ1) is 10.5. The van der Waals surface area contributed by atoms with E-state index in [4.69, 9.17) is 0 Å². The van der Waals surface area contributed by atoms with Crippen LogP contribution in [0.3, 0.4) is 0 Å². The van der Waals surface area contributed by atoms with Gasteiger partial charge in [0.1, 0.15) is 0 Å². The predicted molar refractivity (Wildman–Crippen MR) is 83.5 cm³/mol. The molecule has 0 aromatic carbocycles. The summed E-state index contributed by atoms with van der Waals surface area (Å²) in [5.74, 6) is 0.862. The first-order valence-corrected chi connectivity index (χ1v) is 8.00. The minimum absolute atomic E-state index is 0.0539. The molecule has 0 saturated heterocycles. The Bertz CT molecular complexity index is 567. The van der Waals surface area contributed by atoms with Crippen LogP contribution >= 0.6 is 0 Å². The Labute approximate surface area is 131 Å². The molecule has 1 aromatic heterocycles. The molecule has 0 spiro atoms. The van der Waals surface area contributed by atoms with Gasteiger partial charge in [0.2, 0.25) is 5.91 Å². The summed E-state index contributed by atoms with van der Waals surface area (Å²) in [5, 5.41) is 18.9. The third-order valence-corrected chi connectivity index (χ3v) is 4.75. The molecule has 1 aliphatic carbocycles. The lowest BCUT2D eigenvalue weighted by Gasteiger charge is -2.31. The molecule has 3 rings (SSSR count). The standard InChI is InChI=1S/C16H24N4O2/c1-19(2)14-9-12-11-20(8-5-13(12)17-18-14)15(21)10-16(22)6-3-4-7-16/h9,22H,3-8,10-11H2,1-2H3. The highest BCUT2D eigenvalue weighted by molar-refractivity contribution is 5.77. The van der Waals surface area contributed by atoms with Crippen LogP contribution in [0.2, 0.25) is 0 Å². The van der Waals surface area contributed by atoms with Crippen molar-refractivity contribution >= 4 is 11.7 Å². The molecule has 1 amide bonds. The maximum absolute atomic E-state index is 12.5. The Hall–Kier alpha value is -1.69. The number of hydrogen-bond acceptors (Lipinski definition) is 5. The van der Waals surface area contributed by atoms with Gasteiger partial charge in [0.15, 0.2) is 5.82 Å². The minimum Gasteiger partial charge on any atom is -0.389 e. The summed E-state index contributed by atoms with van der Waals surface area (Å²) in [6, 6.07) is 2.01. The highest BCUT2D eigenvalue weighted by Crippen LogP contribution is 2.33. The van der Waals surface area contributed by atoms with Gasteiger partial charge in [-0.3, -0.25) is 4.79 Å². The summed E-state index contributed by atoms with van der Waals surface area (Å²) in [6.07, 6.45) is 4.53. The molecule has 0 bridgehead atoms. The first-order valence-electron chi connectivity index (χ1n) is 8.00. The van der Waals surface area contributed by atoms with E-state index in [1.54, 1.807) is 0 Å². The lowest BCUT2D eigenvalue weighted by Crippen LogP contribution is -2.41. The van der Waals surface area contributed by atoms with Crippen molar-refractivity contribution in [3.8, 4) is 0 Å². The average Bonchev–Trinajstić information content (AvgIpc) is 2.92. The number of carbonyl (C=O) groups is 1. The van der Waals surface area contributed by atoms with Gasteiger partial charge in [0.25, 0.3) is 0 Å². The Balaban J connectivity index is 1.70. The van der Waals surface area contributed by atoms with Crippen molar-refractivity contribution < 1.29 is 9.90 Å². The maximum Gasteiger partial charge on any atom is 0.225 e. The zero-order valence-corrected chi connectivity index (χ0v) is 13.4. The van der Waals surface area contributed by atoms with Crippen molar-refractivity contribution in [1.29, 1.82) is 0 Å². The number of aliphatic hydroxyl groups is 1. The molecular weight excluding hydrogens is 280 g/mol. The first kappa shape index (κ1) is 15.2. The van der Waals surface area contributed by atoms with Crippen molar-refractivity contribution in [1.82, 2.24) is 15.1 Å². The summed E-state index contributed by atoms with van der Waals surface area (Å²) in [4.78, 5) is 16.3. The molecule has 6 nitrogen and oxygen atoms in total. The van der Waals surface area contributed by atoms with Crippen LogP contribution in [0.25, 0.3) is 0 Å². The summed E-state index contributed by atoms with van der Waals surface area (Å²) in [7, 11) is 3.86. The number of fused-ring (bicyclic) bond motifs is 1. The molecule has 2 aliphatic rings. The smallest absolute Gasteiger partial charge is 0.225 e. The normalized spacial score (nSPS) is 19.9. The molecule has 1 aliphatic heterocycles. The second kappa shape index (κ2) is 5.83. The van der Waals surface area contributed by atoms with E-state index in [9.17, 15) is 9.90 Å². The number of aromatic nitrogens is 2. The van der Waals surface area contributed by atoms with Crippen LogP contribution in [0.4, 0.5) is 5.82 Å². The summed E-state index contributed by atoms with van der Waals surface area (Å²) in [6.45, 7) is 1.23. The number of nitrogens with zero attached hydrogens (tertiary/aromatic N) is 4. The molecule has 120 valence electrons. The average molecular weight is 304 g/mol. The van der Waals surface area contributed by atoms with Gasteiger partial charge in [0.05, 0.1) is 17.7 Å².